The molecule has 0 bridgehead atoms. The van der Waals surface area contributed by atoms with Crippen molar-refractivity contribution < 1.29 is 9.18 Å². The maximum absolute atomic E-state index is 12.1. The van der Waals surface area contributed by atoms with Crippen molar-refractivity contribution in [1.29, 1.82) is 0 Å². The summed E-state index contributed by atoms with van der Waals surface area (Å²) in [4.78, 5) is 27.0. The highest BCUT2D eigenvalue weighted by Gasteiger charge is 2.17. The van der Waals surface area contributed by atoms with Crippen LogP contribution in [0.4, 0.5) is 4.39 Å². The Morgan fingerprint density at radius 3 is 2.52 bits per heavy atom. The van der Waals surface area contributed by atoms with Crippen molar-refractivity contribution in [3.63, 3.8) is 0 Å². The number of nitrogens with one attached hydrogen (secondary N) is 1. The van der Waals surface area contributed by atoms with E-state index in [-0.39, 0.29) is 5.43 Å². The molecule has 3 rings (SSSR count). The lowest BCUT2D eigenvalue weighted by atomic mass is 10.1. The number of aryl methyl sites for hydroxylation is 1. The van der Waals surface area contributed by atoms with Crippen LogP contribution in [-0.4, -0.2) is 42.5 Å². The highest BCUT2D eigenvalue weighted by molar-refractivity contribution is 5.85. The number of carbonyl (C=O) groups excluding carboxylic acids is 1. The number of halogens is 1. The number of fused-ring (bicyclic) bond motifs is 1. The van der Waals surface area contributed by atoms with Gasteiger partial charge in [-0.05, 0) is 32.0 Å². The van der Waals surface area contributed by atoms with Gasteiger partial charge in [-0.3, -0.25) is 9.59 Å². The van der Waals surface area contributed by atoms with Crippen LogP contribution in [0.1, 0.15) is 36.3 Å². The third kappa shape index (κ3) is 5.28. The van der Waals surface area contributed by atoms with E-state index in [2.05, 4.69) is 4.98 Å². The van der Waals surface area contributed by atoms with Gasteiger partial charge in [-0.1, -0.05) is 26.0 Å². The van der Waals surface area contributed by atoms with Gasteiger partial charge < -0.3 is 9.88 Å². The number of aldehydes is 1. The summed E-state index contributed by atoms with van der Waals surface area (Å²) < 4.78 is 12.1. The van der Waals surface area contributed by atoms with Crippen molar-refractivity contribution in [2.45, 2.75) is 33.4 Å². The highest BCUT2D eigenvalue weighted by Crippen LogP contribution is 2.11. The molecule has 0 radical (unpaired) electrons. The van der Waals surface area contributed by atoms with Gasteiger partial charge in [0.25, 0.3) is 0 Å². The van der Waals surface area contributed by atoms with Gasteiger partial charge in [-0.25, -0.2) is 4.39 Å². The van der Waals surface area contributed by atoms with Crippen molar-refractivity contribution in [2.75, 3.05) is 20.1 Å². The molecule has 2 aromatic rings. The van der Waals surface area contributed by atoms with Crippen LogP contribution in [-0.2, 0) is 0 Å². The van der Waals surface area contributed by atoms with E-state index in [9.17, 15) is 14.0 Å². The molecule has 1 fully saturated rings. The van der Waals surface area contributed by atoms with Crippen molar-refractivity contribution in [3.8, 4) is 0 Å². The minimum atomic E-state index is -0.551. The van der Waals surface area contributed by atoms with E-state index in [4.69, 9.17) is 0 Å². The summed E-state index contributed by atoms with van der Waals surface area (Å²) in [6, 6.07) is 6.83. The Balaban J connectivity index is 0.000000247. The molecular weight excluding hydrogens is 295 g/mol. The van der Waals surface area contributed by atoms with E-state index in [1.807, 2.05) is 44.9 Å². The minimum absolute atomic E-state index is 0.112. The number of carbonyl (C=O) groups is 1. The number of H-pyrrole nitrogens is 1. The fourth-order valence-corrected chi connectivity index (χ4v) is 2.45. The van der Waals surface area contributed by atoms with Crippen LogP contribution in [0.25, 0.3) is 10.9 Å². The topological polar surface area (TPSA) is 53.2 Å². The monoisotopic (exact) mass is 320 g/mol. The predicted octanol–water partition coefficient (Wildman–Crippen LogP) is 3.34. The molecule has 0 amide bonds. The maximum Gasteiger partial charge on any atom is 0.190 e. The van der Waals surface area contributed by atoms with Gasteiger partial charge in [-0.2, -0.15) is 0 Å². The zero-order valence-electron chi connectivity index (χ0n) is 14.2. The average molecular weight is 320 g/mol. The van der Waals surface area contributed by atoms with Crippen LogP contribution in [0.3, 0.4) is 0 Å². The molecule has 1 unspecified atom stereocenters. The number of rotatable bonds is 1. The molecule has 2 heterocycles. The zero-order valence-corrected chi connectivity index (χ0v) is 14.2. The smallest absolute Gasteiger partial charge is 0.190 e. The summed E-state index contributed by atoms with van der Waals surface area (Å²) in [7, 11) is 1.94. The van der Waals surface area contributed by atoms with Gasteiger partial charge in [0.05, 0.1) is 11.2 Å². The predicted molar refractivity (Wildman–Crippen MR) is 93.1 cm³/mol. The van der Waals surface area contributed by atoms with Crippen LogP contribution < -0.4 is 5.43 Å². The Labute approximate surface area is 136 Å². The van der Waals surface area contributed by atoms with E-state index in [0.717, 1.165) is 18.5 Å². The Morgan fingerprint density at radius 1 is 1.35 bits per heavy atom. The quantitative estimate of drug-likeness (QED) is 0.820. The molecule has 126 valence electrons. The van der Waals surface area contributed by atoms with Crippen molar-refractivity contribution >= 4 is 17.2 Å². The molecule has 1 aliphatic rings. The Morgan fingerprint density at radius 2 is 2.04 bits per heavy atom. The second-order valence-electron chi connectivity index (χ2n) is 5.35. The van der Waals surface area contributed by atoms with Gasteiger partial charge in [0.2, 0.25) is 0 Å². The van der Waals surface area contributed by atoms with Crippen LogP contribution in [0.2, 0.25) is 0 Å². The number of hydrogen-bond donors (Lipinski definition) is 1. The number of hydrogen-bond acceptors (Lipinski definition) is 3. The molecule has 0 saturated carbocycles. The Kier molecular flexibility index (Phi) is 7.62. The van der Waals surface area contributed by atoms with E-state index in [0.29, 0.717) is 29.4 Å². The van der Waals surface area contributed by atoms with Crippen molar-refractivity contribution in [3.05, 3.63) is 45.7 Å². The molecule has 5 heteroatoms. The number of alkyl halides is 1. The number of nitrogens with zero attached hydrogens (tertiary/aromatic N) is 1. The molecule has 1 aromatic carbocycles. The van der Waals surface area contributed by atoms with Crippen LogP contribution in [0, 0.1) is 6.92 Å². The number of aromatic nitrogens is 1. The summed E-state index contributed by atoms with van der Waals surface area (Å²) in [5.41, 5.74) is 1.83. The van der Waals surface area contributed by atoms with E-state index < -0.39 is 6.17 Å². The van der Waals surface area contributed by atoms with Crippen LogP contribution in [0.15, 0.2) is 29.1 Å². The van der Waals surface area contributed by atoms with Crippen molar-refractivity contribution in [1.82, 2.24) is 9.88 Å². The summed E-state index contributed by atoms with van der Waals surface area (Å²) in [5.74, 6) is 0. The molecule has 23 heavy (non-hydrogen) atoms. The van der Waals surface area contributed by atoms with Gasteiger partial charge in [0.1, 0.15) is 6.17 Å². The summed E-state index contributed by atoms with van der Waals surface area (Å²) in [5, 5.41) is 0.651. The molecule has 4 nitrogen and oxygen atoms in total. The van der Waals surface area contributed by atoms with E-state index in [1.54, 1.807) is 6.07 Å². The van der Waals surface area contributed by atoms with Crippen LogP contribution in [0.5, 0.6) is 0 Å². The van der Waals surface area contributed by atoms with E-state index in [1.165, 1.54) is 6.07 Å². The average Bonchev–Trinajstić information content (AvgIpc) is 2.92. The number of pyridine rings is 1. The largest absolute Gasteiger partial charge is 0.352 e. The number of likely N-dealkylation sites (tertiary alicyclic amines) is 1. The first-order chi connectivity index (χ1) is 11.0. The lowest BCUT2D eigenvalue weighted by molar-refractivity contribution is 0.111. The van der Waals surface area contributed by atoms with E-state index >= 15 is 0 Å². The van der Waals surface area contributed by atoms with Gasteiger partial charge in [-0.15, -0.1) is 0 Å². The lowest BCUT2D eigenvalue weighted by Gasteiger charge is -2.01. The minimum Gasteiger partial charge on any atom is -0.352 e. The molecule has 1 saturated heterocycles. The third-order valence-electron chi connectivity index (χ3n) is 3.55. The zero-order chi connectivity index (χ0) is 17.4. The molecular formula is C18H25FN2O2. The standard InChI is InChI=1S/C11H9NO2.C5H10FN.C2H6/c1-7-3-2-4-9-11(7)10(14)5-8(6-13)12-9;1-7-3-2-5(6)4-7;1-2/h2-6H,1H3,(H,12,14);5H,2-4H2,1H3;1-2H3. The number of benzene rings is 1. The maximum atomic E-state index is 12.1. The SMILES string of the molecule is CC.CN1CCC(F)C1.Cc1cccc2[nH]c(C=O)cc(=O)c12. The van der Waals surface area contributed by atoms with Gasteiger partial charge in [0.15, 0.2) is 11.7 Å². The first kappa shape index (κ1) is 19.0. The first-order valence-corrected chi connectivity index (χ1v) is 7.91. The summed E-state index contributed by atoms with van der Waals surface area (Å²) >= 11 is 0. The second kappa shape index (κ2) is 9.20. The van der Waals surface area contributed by atoms with Crippen LogP contribution >= 0.6 is 0 Å². The molecule has 1 N–H and O–H groups in total. The lowest BCUT2D eigenvalue weighted by Crippen LogP contribution is -2.13. The van der Waals surface area contributed by atoms with Crippen molar-refractivity contribution in [2.24, 2.45) is 0 Å². The highest BCUT2D eigenvalue weighted by atomic mass is 19.1. The second-order valence-corrected chi connectivity index (χ2v) is 5.35. The molecule has 1 aromatic heterocycles. The fraction of sp³-hybridized carbons (Fsp3) is 0.444. The first-order valence-electron chi connectivity index (χ1n) is 7.91. The summed E-state index contributed by atoms with van der Waals surface area (Å²) in [6.45, 7) is 7.44. The Bertz CT molecular complexity index is 689. The van der Waals surface area contributed by atoms with Gasteiger partial charge >= 0.3 is 0 Å². The molecule has 0 aliphatic carbocycles. The fourth-order valence-electron chi connectivity index (χ4n) is 2.45. The van der Waals surface area contributed by atoms with Gasteiger partial charge in [0, 0.05) is 24.5 Å². The normalized spacial score (nSPS) is 17.0. The molecule has 1 aliphatic heterocycles. The molecule has 0 spiro atoms. The molecule has 1 atom stereocenters. The Hall–Kier alpha value is -2.01. The summed E-state index contributed by atoms with van der Waals surface area (Å²) in [6.07, 6.45) is 0.824. The third-order valence-corrected chi connectivity index (χ3v) is 3.55. The number of aromatic amines is 1.